The Morgan fingerprint density at radius 2 is 2.10 bits per heavy atom. The van der Waals surface area contributed by atoms with Crippen molar-refractivity contribution >= 4 is 28.6 Å². The lowest BCUT2D eigenvalue weighted by molar-refractivity contribution is 0.158. The van der Waals surface area contributed by atoms with Crippen LogP contribution in [0.25, 0.3) is 11.0 Å². The average Bonchev–Trinajstić information content (AvgIpc) is 3.02. The first-order valence-electron chi connectivity index (χ1n) is 7.50. The van der Waals surface area contributed by atoms with Gasteiger partial charge in [-0.3, -0.25) is 0 Å². The molecule has 0 radical (unpaired) electrons. The molecule has 21 heavy (non-hydrogen) atoms. The van der Waals surface area contributed by atoms with E-state index in [2.05, 4.69) is 14.5 Å². The third kappa shape index (κ3) is 2.10. The number of nitrogens with two attached hydrogens (primary N) is 1. The van der Waals surface area contributed by atoms with Crippen molar-refractivity contribution in [2.24, 2.45) is 0 Å². The lowest BCUT2D eigenvalue weighted by atomic mass is 9.97. The van der Waals surface area contributed by atoms with Gasteiger partial charge in [-0.25, -0.2) is 9.37 Å². The summed E-state index contributed by atoms with van der Waals surface area (Å²) in [4.78, 5) is 6.87. The van der Waals surface area contributed by atoms with E-state index in [4.69, 9.17) is 17.3 Å². The van der Waals surface area contributed by atoms with Gasteiger partial charge in [-0.1, -0.05) is 11.6 Å². The summed E-state index contributed by atoms with van der Waals surface area (Å²) in [5, 5.41) is 0.127. The zero-order chi connectivity index (χ0) is 14.6. The van der Waals surface area contributed by atoms with E-state index < -0.39 is 5.82 Å². The maximum atomic E-state index is 13.6. The van der Waals surface area contributed by atoms with E-state index in [0.717, 1.165) is 24.9 Å². The number of hydrogen-bond acceptors (Lipinski definition) is 3. The molecule has 0 amide bonds. The Bertz CT molecular complexity index is 699. The molecule has 1 aromatic carbocycles. The molecule has 3 heterocycles. The Labute approximate surface area is 127 Å². The van der Waals surface area contributed by atoms with Gasteiger partial charge in [-0.05, 0) is 38.3 Å². The predicted molar refractivity (Wildman–Crippen MR) is 82.0 cm³/mol. The second-order valence-corrected chi connectivity index (χ2v) is 6.51. The molecule has 2 N–H and O–H groups in total. The molecule has 2 saturated heterocycles. The van der Waals surface area contributed by atoms with Gasteiger partial charge in [0.25, 0.3) is 0 Å². The maximum Gasteiger partial charge on any atom is 0.201 e. The average molecular weight is 309 g/mol. The summed E-state index contributed by atoms with van der Waals surface area (Å²) in [6.45, 7) is 2.32. The fourth-order valence-electron chi connectivity index (χ4n) is 3.93. The summed E-state index contributed by atoms with van der Waals surface area (Å²) < 4.78 is 15.6. The highest BCUT2D eigenvalue weighted by Crippen LogP contribution is 2.37. The zero-order valence-corrected chi connectivity index (χ0v) is 12.5. The van der Waals surface area contributed by atoms with Crippen molar-refractivity contribution in [3.05, 3.63) is 23.0 Å². The first-order valence-corrected chi connectivity index (χ1v) is 7.88. The number of piperidine rings is 1. The molecule has 6 heteroatoms. The van der Waals surface area contributed by atoms with E-state index in [1.807, 2.05) is 0 Å². The second kappa shape index (κ2) is 4.85. The minimum atomic E-state index is -0.445. The maximum absolute atomic E-state index is 13.6. The summed E-state index contributed by atoms with van der Waals surface area (Å²) >= 11 is 5.93. The lowest BCUT2D eigenvalue weighted by Crippen LogP contribution is -2.38. The topological polar surface area (TPSA) is 47.1 Å². The molecular formula is C15H18ClFN4. The molecule has 0 aliphatic carbocycles. The van der Waals surface area contributed by atoms with Gasteiger partial charge in [0.05, 0.1) is 16.1 Å². The normalized spacial score (nSPS) is 26.4. The van der Waals surface area contributed by atoms with Gasteiger partial charge in [-0.2, -0.15) is 0 Å². The molecule has 2 atom stereocenters. The number of rotatable bonds is 1. The van der Waals surface area contributed by atoms with Crippen molar-refractivity contribution in [2.75, 3.05) is 18.8 Å². The van der Waals surface area contributed by atoms with Gasteiger partial charge in [0, 0.05) is 24.7 Å². The second-order valence-electron chi connectivity index (χ2n) is 6.11. The van der Waals surface area contributed by atoms with Crippen molar-refractivity contribution in [3.8, 4) is 0 Å². The molecule has 1 aromatic heterocycles. The van der Waals surface area contributed by atoms with Crippen LogP contribution in [0.4, 0.5) is 10.3 Å². The molecule has 0 spiro atoms. The van der Waals surface area contributed by atoms with E-state index in [9.17, 15) is 4.39 Å². The van der Waals surface area contributed by atoms with Crippen molar-refractivity contribution in [1.29, 1.82) is 0 Å². The van der Waals surface area contributed by atoms with Crippen LogP contribution in [0.5, 0.6) is 0 Å². The molecule has 0 bridgehead atoms. The van der Waals surface area contributed by atoms with Gasteiger partial charge in [0.2, 0.25) is 5.95 Å². The molecule has 2 unspecified atom stereocenters. The number of imidazole rings is 1. The molecule has 2 aliphatic rings. The van der Waals surface area contributed by atoms with Crippen LogP contribution in [-0.2, 0) is 0 Å². The number of benzene rings is 1. The minimum absolute atomic E-state index is 0.127. The summed E-state index contributed by atoms with van der Waals surface area (Å²) in [6, 6.07) is 4.00. The van der Waals surface area contributed by atoms with Crippen molar-refractivity contribution in [1.82, 2.24) is 14.5 Å². The SMILES string of the molecule is Nc1nc2cc(F)c(Cl)cc2n1C1CCN2CCCC2C1. The molecule has 112 valence electrons. The highest BCUT2D eigenvalue weighted by atomic mass is 35.5. The first-order chi connectivity index (χ1) is 10.1. The summed E-state index contributed by atoms with van der Waals surface area (Å²) in [5.74, 6) is 0.0162. The third-order valence-electron chi connectivity index (χ3n) is 4.92. The quantitative estimate of drug-likeness (QED) is 0.880. The molecule has 4 nitrogen and oxygen atoms in total. The van der Waals surface area contributed by atoms with E-state index >= 15 is 0 Å². The van der Waals surface area contributed by atoms with Crippen LogP contribution in [0.15, 0.2) is 12.1 Å². The predicted octanol–water partition coefficient (Wildman–Crippen LogP) is 3.21. The Morgan fingerprint density at radius 1 is 1.24 bits per heavy atom. The van der Waals surface area contributed by atoms with Crippen molar-refractivity contribution in [2.45, 2.75) is 37.8 Å². The number of fused-ring (bicyclic) bond motifs is 2. The Hall–Kier alpha value is -1.33. The zero-order valence-electron chi connectivity index (χ0n) is 11.7. The molecule has 2 aliphatic heterocycles. The van der Waals surface area contributed by atoms with E-state index in [1.165, 1.54) is 25.5 Å². The Balaban J connectivity index is 1.75. The fourth-order valence-corrected chi connectivity index (χ4v) is 4.09. The van der Waals surface area contributed by atoms with E-state index in [0.29, 0.717) is 23.5 Å². The number of anilines is 1. The van der Waals surface area contributed by atoms with Crippen LogP contribution in [0.2, 0.25) is 5.02 Å². The first kappa shape index (κ1) is 13.3. The van der Waals surface area contributed by atoms with Gasteiger partial charge >= 0.3 is 0 Å². The van der Waals surface area contributed by atoms with Gasteiger partial charge in [0.15, 0.2) is 0 Å². The van der Waals surface area contributed by atoms with Crippen LogP contribution in [0.1, 0.15) is 31.7 Å². The number of halogens is 2. The molecular weight excluding hydrogens is 291 g/mol. The van der Waals surface area contributed by atoms with E-state index in [1.54, 1.807) is 6.07 Å². The number of hydrogen-bond donors (Lipinski definition) is 1. The van der Waals surface area contributed by atoms with Crippen LogP contribution in [0.3, 0.4) is 0 Å². The largest absolute Gasteiger partial charge is 0.369 e. The van der Waals surface area contributed by atoms with Crippen molar-refractivity contribution in [3.63, 3.8) is 0 Å². The highest BCUT2D eigenvalue weighted by Gasteiger charge is 2.33. The lowest BCUT2D eigenvalue weighted by Gasteiger charge is -2.35. The highest BCUT2D eigenvalue weighted by molar-refractivity contribution is 6.31. The Kier molecular flexibility index (Phi) is 3.08. The molecule has 0 saturated carbocycles. The Morgan fingerprint density at radius 3 is 2.95 bits per heavy atom. The van der Waals surface area contributed by atoms with Crippen molar-refractivity contribution < 1.29 is 4.39 Å². The smallest absolute Gasteiger partial charge is 0.201 e. The molecule has 2 fully saturated rings. The number of nitrogen functional groups attached to an aromatic ring is 1. The summed E-state index contributed by atoms with van der Waals surface area (Å²) in [6.07, 6.45) is 4.69. The third-order valence-corrected chi connectivity index (χ3v) is 5.21. The fraction of sp³-hybridized carbons (Fsp3) is 0.533. The van der Waals surface area contributed by atoms with Crippen LogP contribution < -0.4 is 5.73 Å². The standard InChI is InChI=1S/C15H18ClFN4/c16-11-7-14-13(8-12(11)17)19-15(18)21(14)10-3-5-20-4-1-2-9(20)6-10/h7-10H,1-6H2,(H2,18,19). The minimum Gasteiger partial charge on any atom is -0.369 e. The van der Waals surface area contributed by atoms with Gasteiger partial charge < -0.3 is 15.2 Å². The number of nitrogens with zero attached hydrogens (tertiary/aromatic N) is 3. The van der Waals surface area contributed by atoms with Crippen LogP contribution >= 0.6 is 11.6 Å². The summed E-state index contributed by atoms with van der Waals surface area (Å²) in [7, 11) is 0. The van der Waals surface area contributed by atoms with Gasteiger partial charge in [0.1, 0.15) is 5.82 Å². The molecule has 2 aromatic rings. The number of aromatic nitrogens is 2. The van der Waals surface area contributed by atoms with Crippen LogP contribution in [-0.4, -0.2) is 33.6 Å². The van der Waals surface area contributed by atoms with E-state index in [-0.39, 0.29) is 5.02 Å². The van der Waals surface area contributed by atoms with Gasteiger partial charge in [-0.15, -0.1) is 0 Å². The molecule has 4 rings (SSSR count). The summed E-state index contributed by atoms with van der Waals surface area (Å²) in [5.41, 5.74) is 7.52. The van der Waals surface area contributed by atoms with Crippen LogP contribution in [0, 0.1) is 5.82 Å². The monoisotopic (exact) mass is 308 g/mol.